The fourth-order valence-electron chi connectivity index (χ4n) is 0.916. The van der Waals surface area contributed by atoms with Crippen molar-refractivity contribution in [2.75, 3.05) is 7.05 Å². The number of nitrogens with one attached hydrogen (secondary N) is 1. The van der Waals surface area contributed by atoms with Crippen molar-refractivity contribution in [1.29, 1.82) is 0 Å². The van der Waals surface area contributed by atoms with Crippen molar-refractivity contribution in [3.8, 4) is 0 Å². The summed E-state index contributed by atoms with van der Waals surface area (Å²) in [5.74, 6) is 0. The van der Waals surface area contributed by atoms with E-state index in [0.717, 1.165) is 6.42 Å². The lowest BCUT2D eigenvalue weighted by molar-refractivity contribution is 0.552. The molecule has 1 N–H and O–H groups in total. The zero-order chi connectivity index (χ0) is 7.82. The zero-order valence-electron chi connectivity index (χ0n) is 7.35. The molecule has 0 bridgehead atoms. The molecular weight excluding hydrogens is 122 g/mol. The molecule has 1 unspecified atom stereocenters. The molecule has 0 saturated heterocycles. The average molecular weight is 141 g/mol. The molecule has 10 heavy (non-hydrogen) atoms. The molecule has 0 saturated carbocycles. The molecule has 0 heterocycles. The topological polar surface area (TPSA) is 12.0 Å². The predicted octanol–water partition coefficient (Wildman–Crippen LogP) is 2.34. The van der Waals surface area contributed by atoms with E-state index in [9.17, 15) is 0 Å². The molecule has 0 radical (unpaired) electrons. The summed E-state index contributed by atoms with van der Waals surface area (Å²) < 4.78 is 0. The highest BCUT2D eigenvalue weighted by Crippen LogP contribution is 1.97. The Bertz CT molecular complexity index is 82.7. The molecule has 0 amide bonds. The van der Waals surface area contributed by atoms with E-state index in [4.69, 9.17) is 0 Å². The van der Waals surface area contributed by atoms with E-state index in [1.165, 1.54) is 12.8 Å². The molecule has 0 aliphatic rings. The molecule has 1 heteroatoms. The first-order valence-electron chi connectivity index (χ1n) is 4.17. The Labute approximate surface area is 64.5 Å². The van der Waals surface area contributed by atoms with Crippen molar-refractivity contribution in [2.45, 2.75) is 39.2 Å². The third-order valence-electron chi connectivity index (χ3n) is 1.72. The van der Waals surface area contributed by atoms with Gasteiger partial charge in [0.05, 0.1) is 0 Å². The maximum atomic E-state index is 3.26. The number of hydrogen-bond donors (Lipinski definition) is 1. The average Bonchev–Trinajstić information content (AvgIpc) is 1.99. The van der Waals surface area contributed by atoms with Gasteiger partial charge in [0.15, 0.2) is 0 Å². The van der Waals surface area contributed by atoms with Gasteiger partial charge in [-0.25, -0.2) is 0 Å². The summed E-state index contributed by atoms with van der Waals surface area (Å²) in [7, 11) is 2.02. The third kappa shape index (κ3) is 4.57. The SMILES string of the molecule is CC/C=C\CC(CC)NC. The summed E-state index contributed by atoms with van der Waals surface area (Å²) in [6, 6.07) is 0.669. The molecule has 0 aromatic carbocycles. The van der Waals surface area contributed by atoms with Crippen LogP contribution in [0.3, 0.4) is 0 Å². The van der Waals surface area contributed by atoms with Gasteiger partial charge in [-0.1, -0.05) is 26.0 Å². The largest absolute Gasteiger partial charge is 0.317 e. The smallest absolute Gasteiger partial charge is 0.00959 e. The van der Waals surface area contributed by atoms with Crippen LogP contribution in [-0.4, -0.2) is 13.1 Å². The van der Waals surface area contributed by atoms with Crippen LogP contribution in [0.2, 0.25) is 0 Å². The molecule has 0 rings (SSSR count). The molecule has 60 valence electrons. The molecule has 0 aliphatic heterocycles. The summed E-state index contributed by atoms with van der Waals surface area (Å²) in [6.07, 6.45) is 8.01. The first-order chi connectivity index (χ1) is 4.85. The van der Waals surface area contributed by atoms with Crippen molar-refractivity contribution >= 4 is 0 Å². The Morgan fingerprint density at radius 3 is 2.40 bits per heavy atom. The Morgan fingerprint density at radius 2 is 2.00 bits per heavy atom. The van der Waals surface area contributed by atoms with Crippen molar-refractivity contribution in [3.63, 3.8) is 0 Å². The van der Waals surface area contributed by atoms with Crippen LogP contribution in [0.5, 0.6) is 0 Å². The normalized spacial score (nSPS) is 14.3. The minimum Gasteiger partial charge on any atom is -0.317 e. The molecule has 0 spiro atoms. The minimum absolute atomic E-state index is 0.669. The van der Waals surface area contributed by atoms with E-state index in [1.807, 2.05) is 7.05 Å². The molecule has 0 aromatic heterocycles. The van der Waals surface area contributed by atoms with Crippen LogP contribution < -0.4 is 5.32 Å². The maximum absolute atomic E-state index is 3.26. The van der Waals surface area contributed by atoms with Crippen LogP contribution in [-0.2, 0) is 0 Å². The molecular formula is C9H19N. The van der Waals surface area contributed by atoms with Crippen LogP contribution in [0, 0.1) is 0 Å². The number of allylic oxidation sites excluding steroid dienone is 1. The summed E-state index contributed by atoms with van der Waals surface area (Å²) in [6.45, 7) is 4.37. The lowest BCUT2D eigenvalue weighted by atomic mass is 10.1. The summed E-state index contributed by atoms with van der Waals surface area (Å²) in [5, 5.41) is 3.26. The quantitative estimate of drug-likeness (QED) is 0.579. The second-order valence-corrected chi connectivity index (χ2v) is 2.51. The van der Waals surface area contributed by atoms with Gasteiger partial charge in [0.1, 0.15) is 0 Å². The first-order valence-corrected chi connectivity index (χ1v) is 4.17. The first kappa shape index (κ1) is 9.70. The molecule has 1 atom stereocenters. The van der Waals surface area contributed by atoms with Gasteiger partial charge in [-0.15, -0.1) is 0 Å². The van der Waals surface area contributed by atoms with Gasteiger partial charge >= 0.3 is 0 Å². The Kier molecular flexibility index (Phi) is 6.61. The molecule has 0 aliphatic carbocycles. The van der Waals surface area contributed by atoms with E-state index >= 15 is 0 Å². The second-order valence-electron chi connectivity index (χ2n) is 2.51. The van der Waals surface area contributed by atoms with Gasteiger partial charge in [-0.2, -0.15) is 0 Å². The summed E-state index contributed by atoms with van der Waals surface area (Å²) >= 11 is 0. The Balaban J connectivity index is 3.34. The van der Waals surface area contributed by atoms with Crippen LogP contribution in [0.4, 0.5) is 0 Å². The van der Waals surface area contributed by atoms with Gasteiger partial charge in [0, 0.05) is 6.04 Å². The fraction of sp³-hybridized carbons (Fsp3) is 0.778. The standard InChI is InChI=1S/C9H19N/c1-4-6-7-8-9(5-2)10-3/h6-7,9-10H,4-5,8H2,1-3H3/b7-6-. The van der Waals surface area contributed by atoms with E-state index in [1.54, 1.807) is 0 Å². The van der Waals surface area contributed by atoms with Crippen LogP contribution >= 0.6 is 0 Å². The van der Waals surface area contributed by atoms with Crippen molar-refractivity contribution in [2.24, 2.45) is 0 Å². The van der Waals surface area contributed by atoms with E-state index in [-0.39, 0.29) is 0 Å². The van der Waals surface area contributed by atoms with Gasteiger partial charge in [-0.05, 0) is 26.3 Å². The van der Waals surface area contributed by atoms with E-state index in [2.05, 4.69) is 31.3 Å². The zero-order valence-corrected chi connectivity index (χ0v) is 7.35. The van der Waals surface area contributed by atoms with Crippen LogP contribution in [0.25, 0.3) is 0 Å². The van der Waals surface area contributed by atoms with E-state index < -0.39 is 0 Å². The fourth-order valence-corrected chi connectivity index (χ4v) is 0.916. The summed E-state index contributed by atoms with van der Waals surface area (Å²) in [4.78, 5) is 0. The van der Waals surface area contributed by atoms with Crippen LogP contribution in [0.1, 0.15) is 33.1 Å². The Morgan fingerprint density at radius 1 is 1.30 bits per heavy atom. The Hall–Kier alpha value is -0.300. The molecule has 0 aromatic rings. The highest BCUT2D eigenvalue weighted by atomic mass is 14.9. The lowest BCUT2D eigenvalue weighted by Gasteiger charge is -2.09. The van der Waals surface area contributed by atoms with Gasteiger partial charge in [0.25, 0.3) is 0 Å². The molecule has 0 fully saturated rings. The van der Waals surface area contributed by atoms with Crippen molar-refractivity contribution in [1.82, 2.24) is 5.32 Å². The highest BCUT2D eigenvalue weighted by Gasteiger charge is 1.96. The van der Waals surface area contributed by atoms with Crippen molar-refractivity contribution in [3.05, 3.63) is 12.2 Å². The number of hydrogen-bond acceptors (Lipinski definition) is 1. The second kappa shape index (κ2) is 6.81. The maximum Gasteiger partial charge on any atom is 0.00959 e. The van der Waals surface area contributed by atoms with Gasteiger partial charge in [-0.3, -0.25) is 0 Å². The van der Waals surface area contributed by atoms with Crippen molar-refractivity contribution < 1.29 is 0 Å². The highest BCUT2D eigenvalue weighted by molar-refractivity contribution is 4.84. The molecule has 1 nitrogen and oxygen atoms in total. The van der Waals surface area contributed by atoms with Crippen LogP contribution in [0.15, 0.2) is 12.2 Å². The van der Waals surface area contributed by atoms with Gasteiger partial charge < -0.3 is 5.32 Å². The third-order valence-corrected chi connectivity index (χ3v) is 1.72. The summed E-state index contributed by atoms with van der Waals surface area (Å²) in [5.41, 5.74) is 0. The van der Waals surface area contributed by atoms with E-state index in [0.29, 0.717) is 6.04 Å². The minimum atomic E-state index is 0.669. The lowest BCUT2D eigenvalue weighted by Crippen LogP contribution is -2.22. The van der Waals surface area contributed by atoms with Gasteiger partial charge in [0.2, 0.25) is 0 Å². The monoisotopic (exact) mass is 141 g/mol. The number of rotatable bonds is 5. The predicted molar refractivity (Wildman–Crippen MR) is 47.2 cm³/mol.